The van der Waals surface area contributed by atoms with Crippen LogP contribution in [-0.2, 0) is 9.53 Å². The minimum absolute atomic E-state index is 0.0818. The van der Waals surface area contributed by atoms with Gasteiger partial charge in [-0.1, -0.05) is 61.3 Å². The van der Waals surface area contributed by atoms with Crippen molar-refractivity contribution in [2.45, 2.75) is 39.3 Å². The van der Waals surface area contributed by atoms with Crippen LogP contribution in [0.2, 0.25) is 10.0 Å². The van der Waals surface area contributed by atoms with Gasteiger partial charge in [0.2, 0.25) is 0 Å². The number of benzene rings is 2. The summed E-state index contributed by atoms with van der Waals surface area (Å²) in [5, 5.41) is 2.21. The number of hydrogen-bond acceptors (Lipinski definition) is 5. The maximum Gasteiger partial charge on any atom is 0.346 e. The van der Waals surface area contributed by atoms with Crippen LogP contribution < -0.4 is 0 Å². The van der Waals surface area contributed by atoms with Gasteiger partial charge in [0, 0.05) is 15.7 Å². The zero-order chi connectivity index (χ0) is 22.1. The molecule has 2 heterocycles. The van der Waals surface area contributed by atoms with E-state index in [-0.39, 0.29) is 18.1 Å². The van der Waals surface area contributed by atoms with E-state index in [1.54, 1.807) is 0 Å². The quantitative estimate of drug-likeness (QED) is 0.421. The van der Waals surface area contributed by atoms with E-state index in [1.165, 1.54) is 11.8 Å². The maximum absolute atomic E-state index is 12.7. The summed E-state index contributed by atoms with van der Waals surface area (Å²) in [4.78, 5) is 20.7. The Bertz CT molecular complexity index is 1030. The molecule has 0 radical (unpaired) electrons. The van der Waals surface area contributed by atoms with Crippen LogP contribution in [0, 0.1) is 5.92 Å². The second-order valence-electron chi connectivity index (χ2n) is 7.97. The molecule has 31 heavy (non-hydrogen) atoms. The van der Waals surface area contributed by atoms with Gasteiger partial charge in [0.25, 0.3) is 0 Å². The molecule has 4 rings (SSSR count). The Morgan fingerprint density at radius 1 is 1.06 bits per heavy atom. The van der Waals surface area contributed by atoms with Gasteiger partial charge in [0.05, 0.1) is 12.6 Å². The van der Waals surface area contributed by atoms with Gasteiger partial charge in [-0.15, -0.1) is 0 Å². The molecule has 7 heteroatoms. The Kier molecular flexibility index (Phi) is 6.65. The molecular formula is C24H24Cl2N2O2S. The number of hydrogen-bond donors (Lipinski definition) is 0. The van der Waals surface area contributed by atoms with E-state index in [9.17, 15) is 4.79 Å². The number of nitrogens with zero attached hydrogens (tertiary/aromatic N) is 2. The van der Waals surface area contributed by atoms with Gasteiger partial charge in [0.15, 0.2) is 5.17 Å². The minimum atomic E-state index is -0.279. The van der Waals surface area contributed by atoms with Crippen molar-refractivity contribution in [2.24, 2.45) is 10.9 Å². The molecule has 2 aromatic rings. The molecular weight excluding hydrogens is 451 g/mol. The predicted octanol–water partition coefficient (Wildman–Crippen LogP) is 7.02. The molecule has 0 fully saturated rings. The lowest BCUT2D eigenvalue weighted by molar-refractivity contribution is -0.137. The number of esters is 1. The van der Waals surface area contributed by atoms with Crippen LogP contribution in [0.5, 0.6) is 0 Å². The van der Waals surface area contributed by atoms with Crippen molar-refractivity contribution in [2.75, 3.05) is 6.61 Å². The number of ether oxygens (including phenoxy) is 1. The third kappa shape index (κ3) is 4.50. The topological polar surface area (TPSA) is 41.9 Å². The molecule has 0 aliphatic carbocycles. The molecule has 0 aromatic heterocycles. The Morgan fingerprint density at radius 3 is 2.19 bits per heavy atom. The normalized spacial score (nSPS) is 20.3. The average molecular weight is 475 g/mol. The first-order valence-corrected chi connectivity index (χ1v) is 11.9. The van der Waals surface area contributed by atoms with Gasteiger partial charge in [-0.25, -0.2) is 4.79 Å². The zero-order valence-corrected chi connectivity index (χ0v) is 20.0. The lowest BCUT2D eigenvalue weighted by atomic mass is 9.92. The Labute approximate surface area is 197 Å². The molecule has 2 aromatic carbocycles. The van der Waals surface area contributed by atoms with Crippen LogP contribution in [0.3, 0.4) is 0 Å². The zero-order valence-electron chi connectivity index (χ0n) is 17.6. The molecule has 2 aliphatic rings. The SMILES string of the molecule is CCOC(=O)C1=C(CC(C)C)N2C(=N[C@@H](c3ccc(Cl)cc3)[C@H]2c2ccc(Cl)cc2)S1. The fourth-order valence-electron chi connectivity index (χ4n) is 3.97. The number of carbonyl (C=O) groups excluding carboxylic acids is 1. The standard InChI is InChI=1S/C24H24Cl2N2O2S/c1-4-30-23(29)22-19(13-14(2)3)28-21(16-7-11-18(26)12-8-16)20(27-24(28)31-22)15-5-9-17(25)10-6-15/h5-12,14,20-21H,4,13H2,1-3H3/t20-,21+/m0/s1. The van der Waals surface area contributed by atoms with Gasteiger partial charge in [0.1, 0.15) is 10.9 Å². The van der Waals surface area contributed by atoms with Crippen LogP contribution in [0.1, 0.15) is 50.4 Å². The number of rotatable bonds is 6. The summed E-state index contributed by atoms with van der Waals surface area (Å²) in [6.07, 6.45) is 0.762. The van der Waals surface area contributed by atoms with Crippen molar-refractivity contribution in [3.8, 4) is 0 Å². The van der Waals surface area contributed by atoms with Crippen molar-refractivity contribution in [1.29, 1.82) is 0 Å². The lowest BCUT2D eigenvalue weighted by Gasteiger charge is -2.30. The number of aliphatic imine (C=N–C) groups is 1. The molecule has 0 saturated carbocycles. The van der Waals surface area contributed by atoms with Crippen molar-refractivity contribution in [3.63, 3.8) is 0 Å². The van der Waals surface area contributed by atoms with Gasteiger partial charge in [-0.3, -0.25) is 4.99 Å². The lowest BCUT2D eigenvalue weighted by Crippen LogP contribution is -2.28. The largest absolute Gasteiger partial charge is 0.462 e. The third-order valence-electron chi connectivity index (χ3n) is 5.26. The molecule has 0 amide bonds. The summed E-state index contributed by atoms with van der Waals surface area (Å²) in [6, 6.07) is 15.5. The Hall–Kier alpha value is -1.95. The monoisotopic (exact) mass is 474 g/mol. The van der Waals surface area contributed by atoms with E-state index in [1.807, 2.05) is 55.5 Å². The highest BCUT2D eigenvalue weighted by atomic mass is 35.5. The maximum atomic E-state index is 12.7. The van der Waals surface area contributed by atoms with Gasteiger partial charge < -0.3 is 9.64 Å². The summed E-state index contributed by atoms with van der Waals surface area (Å²) < 4.78 is 5.35. The van der Waals surface area contributed by atoms with Crippen molar-refractivity contribution >= 4 is 46.1 Å². The Balaban J connectivity index is 1.82. The summed E-state index contributed by atoms with van der Waals surface area (Å²) in [5.74, 6) is 0.0953. The van der Waals surface area contributed by atoms with Crippen LogP contribution in [0.4, 0.5) is 0 Å². The highest BCUT2D eigenvalue weighted by Crippen LogP contribution is 2.53. The summed E-state index contributed by atoms with van der Waals surface area (Å²) in [7, 11) is 0. The predicted molar refractivity (Wildman–Crippen MR) is 128 cm³/mol. The second-order valence-corrected chi connectivity index (χ2v) is 9.82. The number of carbonyl (C=O) groups is 1. The second kappa shape index (κ2) is 9.27. The fraction of sp³-hybridized carbons (Fsp3) is 0.333. The summed E-state index contributed by atoms with van der Waals surface area (Å²) >= 11 is 13.7. The van der Waals surface area contributed by atoms with E-state index in [4.69, 9.17) is 32.9 Å². The average Bonchev–Trinajstić information content (AvgIpc) is 3.26. The number of allylic oxidation sites excluding steroid dienone is 1. The van der Waals surface area contributed by atoms with Crippen LogP contribution in [0.25, 0.3) is 0 Å². The van der Waals surface area contributed by atoms with Crippen molar-refractivity contribution in [3.05, 3.63) is 80.3 Å². The smallest absolute Gasteiger partial charge is 0.346 e. The molecule has 0 N–H and O–H groups in total. The molecule has 0 unspecified atom stereocenters. The summed E-state index contributed by atoms with van der Waals surface area (Å²) in [6.45, 7) is 6.48. The van der Waals surface area contributed by atoms with Crippen LogP contribution in [-0.4, -0.2) is 22.6 Å². The van der Waals surface area contributed by atoms with Crippen LogP contribution in [0.15, 0.2) is 64.1 Å². The molecule has 2 aliphatic heterocycles. The highest BCUT2D eigenvalue weighted by molar-refractivity contribution is 8.18. The Morgan fingerprint density at radius 2 is 1.65 bits per heavy atom. The van der Waals surface area contributed by atoms with Gasteiger partial charge >= 0.3 is 5.97 Å². The highest BCUT2D eigenvalue weighted by Gasteiger charge is 2.46. The van der Waals surface area contributed by atoms with E-state index in [0.29, 0.717) is 27.5 Å². The first kappa shape index (κ1) is 22.3. The van der Waals surface area contributed by atoms with E-state index < -0.39 is 0 Å². The summed E-state index contributed by atoms with van der Waals surface area (Å²) in [5.41, 5.74) is 3.15. The molecule has 0 saturated heterocycles. The number of fused-ring (bicyclic) bond motifs is 1. The number of amidine groups is 1. The first-order chi connectivity index (χ1) is 14.9. The molecule has 0 bridgehead atoms. The molecule has 4 nitrogen and oxygen atoms in total. The van der Waals surface area contributed by atoms with Gasteiger partial charge in [-0.2, -0.15) is 0 Å². The molecule has 162 valence electrons. The van der Waals surface area contributed by atoms with E-state index >= 15 is 0 Å². The van der Waals surface area contributed by atoms with Gasteiger partial charge in [-0.05, 0) is 66.4 Å². The molecule has 2 atom stereocenters. The minimum Gasteiger partial charge on any atom is -0.462 e. The first-order valence-electron chi connectivity index (χ1n) is 10.3. The van der Waals surface area contributed by atoms with E-state index in [0.717, 1.165) is 28.4 Å². The van der Waals surface area contributed by atoms with Crippen molar-refractivity contribution in [1.82, 2.24) is 4.90 Å². The van der Waals surface area contributed by atoms with E-state index in [2.05, 4.69) is 18.7 Å². The fourth-order valence-corrected chi connectivity index (χ4v) is 5.34. The van der Waals surface area contributed by atoms with Crippen molar-refractivity contribution < 1.29 is 9.53 Å². The third-order valence-corrected chi connectivity index (χ3v) is 6.86. The number of thioether (sulfide) groups is 1. The molecule has 0 spiro atoms. The van der Waals surface area contributed by atoms with Crippen LogP contribution >= 0.6 is 35.0 Å². The number of halogens is 2.